The molecule has 0 N–H and O–H groups in total. The van der Waals surface area contributed by atoms with E-state index >= 15 is 0 Å². The summed E-state index contributed by atoms with van der Waals surface area (Å²) in [4.78, 5) is 24.6. The van der Waals surface area contributed by atoms with Crippen LogP contribution in [0.3, 0.4) is 0 Å². The summed E-state index contributed by atoms with van der Waals surface area (Å²) in [6.45, 7) is 4.25. The Kier molecular flexibility index (Phi) is 7.19. The number of fused-ring (bicyclic) bond motifs is 2. The monoisotopic (exact) mass is 544 g/mol. The zero-order chi connectivity index (χ0) is 28.6. The van der Waals surface area contributed by atoms with Crippen LogP contribution in [0.1, 0.15) is 43.7 Å². The number of methoxy groups -OCH3 is 4. The van der Waals surface area contributed by atoms with Crippen LogP contribution in [-0.4, -0.2) is 28.4 Å². The average molecular weight is 545 g/mol. The standard InChI is InChI=1S/C32H32O8/c1-18-11-13-32(2,14-12-21-24(36-4)16-23(35-3)19-7-9-27(33)39-30(19)21)22(15-18)29-26(38-6)17-25(37-5)20-8-10-28(34)40-31(20)29/h7-10,12,14-17,22H,11,13H2,1-6H3/t22-,32-/m0/s1. The van der Waals surface area contributed by atoms with Gasteiger partial charge in [-0.2, -0.15) is 0 Å². The third kappa shape index (κ3) is 4.63. The van der Waals surface area contributed by atoms with Gasteiger partial charge in [0.25, 0.3) is 0 Å². The Labute approximate surface area is 231 Å². The maximum absolute atomic E-state index is 12.4. The Bertz CT molecular complexity index is 1770. The quantitative estimate of drug-likeness (QED) is 0.193. The van der Waals surface area contributed by atoms with Crippen molar-refractivity contribution < 1.29 is 27.8 Å². The van der Waals surface area contributed by atoms with Crippen LogP contribution in [0.4, 0.5) is 0 Å². The van der Waals surface area contributed by atoms with Crippen molar-refractivity contribution in [1.82, 2.24) is 0 Å². The van der Waals surface area contributed by atoms with Gasteiger partial charge in [-0.05, 0) is 37.3 Å². The Morgan fingerprint density at radius 2 is 1.35 bits per heavy atom. The fraction of sp³-hybridized carbons (Fsp3) is 0.312. The predicted octanol–water partition coefficient (Wildman–Crippen LogP) is 6.48. The van der Waals surface area contributed by atoms with Crippen LogP contribution >= 0.6 is 0 Å². The molecule has 8 heteroatoms. The molecule has 2 aromatic carbocycles. The van der Waals surface area contributed by atoms with Crippen LogP contribution in [0.25, 0.3) is 28.0 Å². The number of benzene rings is 2. The molecule has 2 heterocycles. The van der Waals surface area contributed by atoms with Crippen molar-refractivity contribution >= 4 is 28.0 Å². The Balaban J connectivity index is 1.75. The van der Waals surface area contributed by atoms with E-state index in [4.69, 9.17) is 27.8 Å². The van der Waals surface area contributed by atoms with Gasteiger partial charge in [-0.1, -0.05) is 30.7 Å². The van der Waals surface area contributed by atoms with E-state index in [-0.39, 0.29) is 5.92 Å². The topological polar surface area (TPSA) is 97.3 Å². The molecule has 0 amide bonds. The first kappa shape index (κ1) is 27.1. The lowest BCUT2D eigenvalue weighted by Gasteiger charge is -2.39. The van der Waals surface area contributed by atoms with Gasteiger partial charge in [-0.15, -0.1) is 0 Å². The van der Waals surface area contributed by atoms with Gasteiger partial charge >= 0.3 is 11.3 Å². The molecule has 2 atom stereocenters. The van der Waals surface area contributed by atoms with Crippen molar-refractivity contribution in [3.05, 3.63) is 86.1 Å². The van der Waals surface area contributed by atoms with Gasteiger partial charge in [0.1, 0.15) is 28.6 Å². The number of hydrogen-bond donors (Lipinski definition) is 0. The van der Waals surface area contributed by atoms with Crippen molar-refractivity contribution in [1.29, 1.82) is 0 Å². The molecule has 0 spiro atoms. The largest absolute Gasteiger partial charge is 0.496 e. The molecular formula is C32H32O8. The van der Waals surface area contributed by atoms with Gasteiger partial charge in [-0.3, -0.25) is 0 Å². The summed E-state index contributed by atoms with van der Waals surface area (Å²) < 4.78 is 34.1. The van der Waals surface area contributed by atoms with Gasteiger partial charge in [0.05, 0.1) is 44.8 Å². The smallest absolute Gasteiger partial charge is 0.336 e. The first-order valence-corrected chi connectivity index (χ1v) is 13.0. The Hall–Kier alpha value is -4.46. The second-order valence-corrected chi connectivity index (χ2v) is 10.2. The minimum atomic E-state index is -0.470. The average Bonchev–Trinajstić information content (AvgIpc) is 2.96. The highest BCUT2D eigenvalue weighted by Crippen LogP contribution is 2.52. The fourth-order valence-electron chi connectivity index (χ4n) is 5.58. The highest BCUT2D eigenvalue weighted by Gasteiger charge is 2.38. The van der Waals surface area contributed by atoms with Crippen LogP contribution < -0.4 is 30.2 Å². The van der Waals surface area contributed by atoms with Gasteiger partial charge in [0, 0.05) is 35.7 Å². The molecule has 0 radical (unpaired) electrons. The summed E-state index contributed by atoms with van der Waals surface area (Å²) in [6, 6.07) is 9.76. The zero-order valence-corrected chi connectivity index (χ0v) is 23.5. The number of allylic oxidation sites excluding steroid dienone is 3. The molecule has 1 aliphatic rings. The van der Waals surface area contributed by atoms with E-state index < -0.39 is 16.7 Å². The lowest BCUT2D eigenvalue weighted by molar-refractivity contribution is 0.320. The van der Waals surface area contributed by atoms with E-state index in [1.165, 1.54) is 17.7 Å². The maximum Gasteiger partial charge on any atom is 0.336 e. The first-order valence-electron chi connectivity index (χ1n) is 13.0. The van der Waals surface area contributed by atoms with Gasteiger partial charge in [-0.25, -0.2) is 9.59 Å². The third-order valence-corrected chi connectivity index (χ3v) is 7.78. The zero-order valence-electron chi connectivity index (χ0n) is 23.5. The summed E-state index contributed by atoms with van der Waals surface area (Å²) in [7, 11) is 6.28. The second-order valence-electron chi connectivity index (χ2n) is 10.2. The van der Waals surface area contributed by atoms with Crippen molar-refractivity contribution in [3.63, 3.8) is 0 Å². The lowest BCUT2D eigenvalue weighted by Crippen LogP contribution is -2.26. The minimum Gasteiger partial charge on any atom is -0.496 e. The molecule has 0 fully saturated rings. The van der Waals surface area contributed by atoms with E-state index in [9.17, 15) is 9.59 Å². The van der Waals surface area contributed by atoms with Gasteiger partial charge in [0.15, 0.2) is 5.58 Å². The predicted molar refractivity (Wildman–Crippen MR) is 154 cm³/mol. The van der Waals surface area contributed by atoms with E-state index in [1.807, 2.05) is 12.1 Å². The molecule has 8 nitrogen and oxygen atoms in total. The molecule has 0 saturated heterocycles. The summed E-state index contributed by atoms with van der Waals surface area (Å²) in [6.07, 6.45) is 7.93. The first-order chi connectivity index (χ1) is 19.2. The van der Waals surface area contributed by atoms with E-state index in [2.05, 4.69) is 26.0 Å². The van der Waals surface area contributed by atoms with Gasteiger partial charge in [0.2, 0.25) is 0 Å². The lowest BCUT2D eigenvalue weighted by atomic mass is 9.65. The molecular weight excluding hydrogens is 512 g/mol. The van der Waals surface area contributed by atoms with Gasteiger partial charge < -0.3 is 27.8 Å². The van der Waals surface area contributed by atoms with Crippen LogP contribution in [-0.2, 0) is 0 Å². The normalized spacial score (nSPS) is 19.1. The molecule has 0 aliphatic heterocycles. The summed E-state index contributed by atoms with van der Waals surface area (Å²) in [5.41, 5.74) is 2.04. The summed E-state index contributed by atoms with van der Waals surface area (Å²) >= 11 is 0. The molecule has 0 saturated carbocycles. The van der Waals surface area contributed by atoms with Crippen LogP contribution in [0.15, 0.2) is 72.5 Å². The van der Waals surface area contributed by atoms with E-state index in [0.29, 0.717) is 50.5 Å². The minimum absolute atomic E-state index is 0.214. The van der Waals surface area contributed by atoms with Crippen molar-refractivity contribution in [2.24, 2.45) is 5.41 Å². The molecule has 40 heavy (non-hydrogen) atoms. The van der Waals surface area contributed by atoms with Crippen molar-refractivity contribution in [2.45, 2.75) is 32.6 Å². The SMILES string of the molecule is COc1cc(OC)c2ccc(=O)oc2c1C=C[C@]1(C)CCC(C)=C[C@H]1c1c(OC)cc(OC)c2ccc(=O)oc12. The molecule has 2 aromatic heterocycles. The van der Waals surface area contributed by atoms with E-state index in [1.54, 1.807) is 46.6 Å². The molecule has 0 unspecified atom stereocenters. The maximum atomic E-state index is 12.4. The number of ether oxygens (including phenoxy) is 4. The summed E-state index contributed by atoms with van der Waals surface area (Å²) in [5, 5.41) is 1.35. The van der Waals surface area contributed by atoms with E-state index in [0.717, 1.165) is 18.4 Å². The molecule has 0 bridgehead atoms. The van der Waals surface area contributed by atoms with Crippen LogP contribution in [0, 0.1) is 5.41 Å². The highest BCUT2D eigenvalue weighted by molar-refractivity contribution is 5.93. The molecule has 4 aromatic rings. The summed E-state index contributed by atoms with van der Waals surface area (Å²) in [5.74, 6) is 1.95. The van der Waals surface area contributed by atoms with Crippen LogP contribution in [0.5, 0.6) is 23.0 Å². The Morgan fingerprint density at radius 1 is 0.800 bits per heavy atom. The molecule has 5 rings (SSSR count). The second kappa shape index (κ2) is 10.6. The van der Waals surface area contributed by atoms with Crippen molar-refractivity contribution in [2.75, 3.05) is 28.4 Å². The van der Waals surface area contributed by atoms with Crippen LogP contribution in [0.2, 0.25) is 0 Å². The fourth-order valence-corrected chi connectivity index (χ4v) is 5.58. The Morgan fingerprint density at radius 3 is 1.95 bits per heavy atom. The molecule has 208 valence electrons. The highest BCUT2D eigenvalue weighted by atomic mass is 16.5. The molecule has 1 aliphatic carbocycles. The third-order valence-electron chi connectivity index (χ3n) is 7.78. The number of hydrogen-bond acceptors (Lipinski definition) is 8. The number of rotatable bonds is 7. The van der Waals surface area contributed by atoms with Crippen molar-refractivity contribution in [3.8, 4) is 23.0 Å².